The molecule has 3 nitrogen and oxygen atoms in total. The molecule has 13 heavy (non-hydrogen) atoms. The predicted molar refractivity (Wildman–Crippen MR) is 51.1 cm³/mol. The van der Waals surface area contributed by atoms with E-state index in [1.807, 2.05) is 0 Å². The third-order valence-corrected chi connectivity index (χ3v) is 2.33. The first-order valence-electron chi connectivity index (χ1n) is 4.33. The van der Waals surface area contributed by atoms with Crippen LogP contribution >= 0.6 is 11.6 Å². The summed E-state index contributed by atoms with van der Waals surface area (Å²) in [5.41, 5.74) is 0. The molecular weight excluding hydrogens is 188 g/mol. The summed E-state index contributed by atoms with van der Waals surface area (Å²) < 4.78 is 5.67. The van der Waals surface area contributed by atoms with E-state index in [1.165, 1.54) is 0 Å². The normalized spacial score (nSPS) is 21.8. The van der Waals surface area contributed by atoms with Crippen LogP contribution in [0, 0.1) is 0 Å². The van der Waals surface area contributed by atoms with E-state index < -0.39 is 0 Å². The minimum absolute atomic E-state index is 0.250. The zero-order valence-electron chi connectivity index (χ0n) is 7.16. The van der Waals surface area contributed by atoms with Gasteiger partial charge < -0.3 is 10.1 Å². The first-order valence-corrected chi connectivity index (χ1v) is 4.71. The molecule has 0 aromatic carbocycles. The Morgan fingerprint density at radius 1 is 1.62 bits per heavy atom. The van der Waals surface area contributed by atoms with Crippen molar-refractivity contribution in [3.05, 3.63) is 23.5 Å². The average molecular weight is 199 g/mol. The fraction of sp³-hybridized carbons (Fsp3) is 0.444. The summed E-state index contributed by atoms with van der Waals surface area (Å²) in [6.45, 7) is 1.92. The number of ether oxygens (including phenoxy) is 1. The molecule has 2 heterocycles. The Bertz CT molecular complexity index is 287. The summed E-state index contributed by atoms with van der Waals surface area (Å²) >= 11 is 5.89. The molecule has 0 spiro atoms. The lowest BCUT2D eigenvalue weighted by molar-refractivity contribution is 0.223. The van der Waals surface area contributed by atoms with Gasteiger partial charge in [-0.2, -0.15) is 0 Å². The van der Waals surface area contributed by atoms with Crippen LogP contribution in [0.15, 0.2) is 18.5 Å². The summed E-state index contributed by atoms with van der Waals surface area (Å²) in [6.07, 6.45) is 4.57. The zero-order chi connectivity index (χ0) is 9.10. The molecule has 1 atom stereocenters. The predicted octanol–water partition coefficient (Wildman–Crippen LogP) is 1.48. The van der Waals surface area contributed by atoms with Crippen molar-refractivity contribution in [1.82, 2.24) is 10.3 Å². The van der Waals surface area contributed by atoms with Crippen LogP contribution in [0.25, 0.3) is 0 Å². The van der Waals surface area contributed by atoms with E-state index in [1.54, 1.807) is 18.5 Å². The van der Waals surface area contributed by atoms with E-state index in [0.717, 1.165) is 25.3 Å². The lowest BCUT2D eigenvalue weighted by atomic mass is 10.3. The van der Waals surface area contributed by atoms with Crippen LogP contribution in [0.4, 0.5) is 0 Å². The number of hydrogen-bond donors (Lipinski definition) is 1. The van der Waals surface area contributed by atoms with Gasteiger partial charge in [-0.1, -0.05) is 11.6 Å². The Balaban J connectivity index is 2.04. The van der Waals surface area contributed by atoms with Crippen molar-refractivity contribution in [2.75, 3.05) is 13.1 Å². The number of rotatable bonds is 2. The van der Waals surface area contributed by atoms with E-state index in [2.05, 4.69) is 10.3 Å². The van der Waals surface area contributed by atoms with Gasteiger partial charge in [-0.05, 0) is 13.0 Å². The topological polar surface area (TPSA) is 34.1 Å². The van der Waals surface area contributed by atoms with E-state index in [4.69, 9.17) is 16.3 Å². The highest BCUT2D eigenvalue weighted by Crippen LogP contribution is 2.24. The molecule has 2 rings (SSSR count). The van der Waals surface area contributed by atoms with Crippen molar-refractivity contribution in [2.24, 2.45) is 0 Å². The first kappa shape index (κ1) is 8.78. The third kappa shape index (κ3) is 2.11. The average Bonchev–Trinajstić information content (AvgIpc) is 2.61. The number of hydrogen-bond acceptors (Lipinski definition) is 3. The highest BCUT2D eigenvalue weighted by atomic mass is 35.5. The van der Waals surface area contributed by atoms with E-state index in [0.29, 0.717) is 5.02 Å². The van der Waals surface area contributed by atoms with E-state index in [9.17, 15) is 0 Å². The molecule has 1 unspecified atom stereocenters. The monoisotopic (exact) mass is 198 g/mol. The minimum atomic E-state index is 0.250. The molecular formula is C9H11ClN2O. The van der Waals surface area contributed by atoms with Crippen molar-refractivity contribution >= 4 is 11.6 Å². The molecule has 0 bridgehead atoms. The Labute approximate surface area is 82.1 Å². The van der Waals surface area contributed by atoms with Gasteiger partial charge in [0.1, 0.15) is 16.9 Å². The van der Waals surface area contributed by atoms with Gasteiger partial charge in [-0.3, -0.25) is 4.98 Å². The number of nitrogens with zero attached hydrogens (tertiary/aromatic N) is 1. The number of pyridine rings is 1. The van der Waals surface area contributed by atoms with Crippen LogP contribution in [0.5, 0.6) is 5.75 Å². The standard InChI is InChI=1S/C9H11ClN2O/c10-8-6-12-4-2-9(8)13-7-1-3-11-5-7/h2,4,6-7,11H,1,3,5H2. The third-order valence-electron chi connectivity index (χ3n) is 2.04. The molecule has 1 aliphatic heterocycles. The van der Waals surface area contributed by atoms with Crippen molar-refractivity contribution in [2.45, 2.75) is 12.5 Å². The zero-order valence-corrected chi connectivity index (χ0v) is 7.92. The lowest BCUT2D eigenvalue weighted by Crippen LogP contribution is -2.19. The van der Waals surface area contributed by atoms with Crippen LogP contribution in [-0.4, -0.2) is 24.2 Å². The van der Waals surface area contributed by atoms with Gasteiger partial charge in [0, 0.05) is 25.0 Å². The van der Waals surface area contributed by atoms with Crippen molar-refractivity contribution in [3.63, 3.8) is 0 Å². The summed E-state index contributed by atoms with van der Waals surface area (Å²) in [4.78, 5) is 3.89. The largest absolute Gasteiger partial charge is 0.487 e. The van der Waals surface area contributed by atoms with Crippen molar-refractivity contribution < 1.29 is 4.74 Å². The van der Waals surface area contributed by atoms with Crippen molar-refractivity contribution in [1.29, 1.82) is 0 Å². The van der Waals surface area contributed by atoms with Gasteiger partial charge in [0.15, 0.2) is 0 Å². The second-order valence-corrected chi connectivity index (χ2v) is 3.45. The van der Waals surface area contributed by atoms with Crippen LogP contribution < -0.4 is 10.1 Å². The fourth-order valence-electron chi connectivity index (χ4n) is 1.37. The van der Waals surface area contributed by atoms with Crippen LogP contribution in [0.3, 0.4) is 0 Å². The molecule has 0 amide bonds. The highest BCUT2D eigenvalue weighted by molar-refractivity contribution is 6.31. The summed E-state index contributed by atoms with van der Waals surface area (Å²) in [7, 11) is 0. The number of nitrogens with one attached hydrogen (secondary N) is 1. The fourth-order valence-corrected chi connectivity index (χ4v) is 1.53. The maximum Gasteiger partial charge on any atom is 0.141 e. The Kier molecular flexibility index (Phi) is 2.66. The molecule has 1 fully saturated rings. The van der Waals surface area contributed by atoms with Gasteiger partial charge >= 0.3 is 0 Å². The van der Waals surface area contributed by atoms with Gasteiger partial charge in [0.05, 0.1) is 0 Å². The number of halogens is 1. The molecule has 70 valence electrons. The Morgan fingerprint density at radius 3 is 3.23 bits per heavy atom. The summed E-state index contributed by atoms with van der Waals surface area (Å²) in [5, 5.41) is 3.81. The first-order chi connectivity index (χ1) is 6.36. The van der Waals surface area contributed by atoms with Gasteiger partial charge in [0.25, 0.3) is 0 Å². The van der Waals surface area contributed by atoms with E-state index >= 15 is 0 Å². The maximum atomic E-state index is 5.89. The number of aromatic nitrogens is 1. The molecule has 1 N–H and O–H groups in total. The summed E-state index contributed by atoms with van der Waals surface area (Å²) in [6, 6.07) is 1.79. The Morgan fingerprint density at radius 2 is 2.54 bits per heavy atom. The molecule has 0 radical (unpaired) electrons. The molecule has 0 aliphatic carbocycles. The van der Waals surface area contributed by atoms with Gasteiger partial charge in [0.2, 0.25) is 0 Å². The lowest BCUT2D eigenvalue weighted by Gasteiger charge is -2.12. The Hall–Kier alpha value is -0.800. The molecule has 1 aromatic heterocycles. The quantitative estimate of drug-likeness (QED) is 0.782. The van der Waals surface area contributed by atoms with Gasteiger partial charge in [-0.25, -0.2) is 0 Å². The molecule has 1 aromatic rings. The van der Waals surface area contributed by atoms with Crippen LogP contribution in [0.1, 0.15) is 6.42 Å². The second kappa shape index (κ2) is 3.94. The van der Waals surface area contributed by atoms with Crippen molar-refractivity contribution in [3.8, 4) is 5.75 Å². The SMILES string of the molecule is Clc1cnccc1OC1CCNC1. The maximum absolute atomic E-state index is 5.89. The summed E-state index contributed by atoms with van der Waals surface area (Å²) in [5.74, 6) is 0.727. The second-order valence-electron chi connectivity index (χ2n) is 3.04. The minimum Gasteiger partial charge on any atom is -0.487 e. The molecule has 4 heteroatoms. The smallest absolute Gasteiger partial charge is 0.141 e. The molecule has 1 aliphatic rings. The van der Waals surface area contributed by atoms with Gasteiger partial charge in [-0.15, -0.1) is 0 Å². The van der Waals surface area contributed by atoms with E-state index in [-0.39, 0.29) is 6.10 Å². The molecule has 0 saturated carbocycles. The van der Waals surface area contributed by atoms with Crippen LogP contribution in [0.2, 0.25) is 5.02 Å². The highest BCUT2D eigenvalue weighted by Gasteiger charge is 2.16. The van der Waals surface area contributed by atoms with Crippen LogP contribution in [-0.2, 0) is 0 Å². The molecule has 1 saturated heterocycles.